The minimum Gasteiger partial charge on any atom is -0.268 e. The van der Waals surface area contributed by atoms with E-state index in [9.17, 15) is 0 Å². The highest BCUT2D eigenvalue weighted by Gasteiger charge is 2.03. The third kappa shape index (κ3) is 2.83. The Kier molecular flexibility index (Phi) is 3.29. The zero-order valence-electron chi connectivity index (χ0n) is 10.1. The van der Waals surface area contributed by atoms with Crippen LogP contribution in [0.2, 0.25) is 5.15 Å². The molecule has 3 rings (SSSR count). The maximum atomic E-state index is 5.86. The lowest BCUT2D eigenvalue weighted by Gasteiger charge is -2.01. The van der Waals surface area contributed by atoms with Gasteiger partial charge < -0.3 is 0 Å². The van der Waals surface area contributed by atoms with Crippen molar-refractivity contribution in [3.05, 3.63) is 71.8 Å². The number of halogens is 1. The number of aromatic nitrogens is 3. The molecule has 0 N–H and O–H groups in total. The Morgan fingerprint density at radius 3 is 2.79 bits per heavy atom. The summed E-state index contributed by atoms with van der Waals surface area (Å²) in [6, 6.07) is 13.8. The van der Waals surface area contributed by atoms with E-state index in [1.54, 1.807) is 6.07 Å². The normalized spacial score (nSPS) is 10.6. The first-order valence-corrected chi connectivity index (χ1v) is 6.29. The Morgan fingerprint density at radius 2 is 2.00 bits per heavy atom. The minimum atomic E-state index is 0.438. The number of hydrogen-bond donors (Lipinski definition) is 0. The van der Waals surface area contributed by atoms with Gasteiger partial charge in [0.1, 0.15) is 5.15 Å². The Bertz CT molecular complexity index is 677. The molecule has 0 aliphatic heterocycles. The van der Waals surface area contributed by atoms with Gasteiger partial charge in [-0.3, -0.25) is 4.68 Å². The van der Waals surface area contributed by atoms with Gasteiger partial charge in [0.2, 0.25) is 0 Å². The van der Waals surface area contributed by atoms with Gasteiger partial charge in [-0.25, -0.2) is 4.98 Å². The number of pyridine rings is 1. The SMILES string of the molecule is Clc1cc(-c2cnn(Cc3ccccc3)c2)c[c]n1. The van der Waals surface area contributed by atoms with E-state index in [1.165, 1.54) is 5.56 Å². The van der Waals surface area contributed by atoms with Crippen molar-refractivity contribution in [2.75, 3.05) is 0 Å². The summed E-state index contributed by atoms with van der Waals surface area (Å²) in [5.41, 5.74) is 3.20. The number of benzene rings is 1. The van der Waals surface area contributed by atoms with Crippen molar-refractivity contribution in [1.29, 1.82) is 0 Å². The smallest absolute Gasteiger partial charge is 0.130 e. The second-order valence-electron chi connectivity index (χ2n) is 4.22. The van der Waals surface area contributed by atoms with Crippen LogP contribution in [-0.2, 0) is 6.54 Å². The fraction of sp³-hybridized carbons (Fsp3) is 0.0667. The molecule has 0 amide bonds. The van der Waals surface area contributed by atoms with Gasteiger partial charge in [-0.05, 0) is 23.3 Å². The van der Waals surface area contributed by atoms with Crippen LogP contribution in [0.1, 0.15) is 5.56 Å². The summed E-state index contributed by atoms with van der Waals surface area (Å²) in [5, 5.41) is 4.80. The van der Waals surface area contributed by atoms with E-state index in [1.807, 2.05) is 41.3 Å². The fourth-order valence-corrected chi connectivity index (χ4v) is 2.07. The summed E-state index contributed by atoms with van der Waals surface area (Å²) >= 11 is 5.86. The van der Waals surface area contributed by atoms with Gasteiger partial charge in [0, 0.05) is 11.8 Å². The molecule has 0 atom stereocenters. The highest BCUT2D eigenvalue weighted by Crippen LogP contribution is 2.20. The van der Waals surface area contributed by atoms with Crippen LogP contribution in [0.4, 0.5) is 0 Å². The zero-order chi connectivity index (χ0) is 13.1. The predicted octanol–water partition coefficient (Wildman–Crippen LogP) is 3.45. The molecular weight excluding hydrogens is 258 g/mol. The molecule has 3 aromatic rings. The highest BCUT2D eigenvalue weighted by molar-refractivity contribution is 6.29. The van der Waals surface area contributed by atoms with Gasteiger partial charge >= 0.3 is 0 Å². The van der Waals surface area contributed by atoms with Crippen molar-refractivity contribution in [2.45, 2.75) is 6.54 Å². The Labute approximate surface area is 116 Å². The van der Waals surface area contributed by atoms with Crippen LogP contribution in [0.25, 0.3) is 11.1 Å². The van der Waals surface area contributed by atoms with Gasteiger partial charge in [-0.15, -0.1) is 0 Å². The van der Waals surface area contributed by atoms with Crippen molar-refractivity contribution < 1.29 is 0 Å². The van der Waals surface area contributed by atoms with Crippen molar-refractivity contribution in [1.82, 2.24) is 14.8 Å². The molecule has 3 nitrogen and oxygen atoms in total. The van der Waals surface area contributed by atoms with E-state index in [4.69, 9.17) is 11.6 Å². The standard InChI is InChI=1S/C15H11ClN3/c16-15-8-13(6-7-17-15)14-9-18-19(11-14)10-12-4-2-1-3-5-12/h1-6,8-9,11H,10H2. The topological polar surface area (TPSA) is 30.7 Å². The Balaban J connectivity index is 1.84. The van der Waals surface area contributed by atoms with Crippen LogP contribution in [0, 0.1) is 6.20 Å². The van der Waals surface area contributed by atoms with Crippen LogP contribution in [0.3, 0.4) is 0 Å². The first kappa shape index (κ1) is 11.9. The lowest BCUT2D eigenvalue weighted by atomic mass is 10.1. The Hall–Kier alpha value is -2.13. The maximum Gasteiger partial charge on any atom is 0.130 e. The van der Waals surface area contributed by atoms with Gasteiger partial charge in [0.15, 0.2) is 0 Å². The molecule has 93 valence electrons. The molecule has 2 heterocycles. The van der Waals surface area contributed by atoms with E-state index in [0.717, 1.165) is 17.7 Å². The molecule has 0 aliphatic carbocycles. The number of nitrogens with zero attached hydrogens (tertiary/aromatic N) is 3. The third-order valence-corrected chi connectivity index (χ3v) is 3.01. The van der Waals surface area contributed by atoms with Crippen LogP contribution in [0.5, 0.6) is 0 Å². The Morgan fingerprint density at radius 1 is 1.16 bits per heavy atom. The third-order valence-electron chi connectivity index (χ3n) is 2.82. The van der Waals surface area contributed by atoms with E-state index in [0.29, 0.717) is 5.15 Å². The quantitative estimate of drug-likeness (QED) is 0.681. The lowest BCUT2D eigenvalue weighted by Crippen LogP contribution is -1.99. The molecule has 0 spiro atoms. The number of hydrogen-bond acceptors (Lipinski definition) is 2. The van der Waals surface area contributed by atoms with Crippen molar-refractivity contribution >= 4 is 11.6 Å². The van der Waals surface area contributed by atoms with Gasteiger partial charge in [-0.1, -0.05) is 41.9 Å². The first-order valence-electron chi connectivity index (χ1n) is 5.92. The molecule has 0 saturated heterocycles. The minimum absolute atomic E-state index is 0.438. The van der Waals surface area contributed by atoms with Crippen LogP contribution >= 0.6 is 11.6 Å². The van der Waals surface area contributed by atoms with Crippen molar-refractivity contribution in [3.8, 4) is 11.1 Å². The molecule has 0 aliphatic rings. The van der Waals surface area contributed by atoms with E-state index in [-0.39, 0.29) is 0 Å². The fourth-order valence-electron chi connectivity index (χ4n) is 1.90. The molecular formula is C15H11ClN3. The average Bonchev–Trinajstić information content (AvgIpc) is 2.88. The second-order valence-corrected chi connectivity index (χ2v) is 4.61. The van der Waals surface area contributed by atoms with Crippen molar-refractivity contribution in [3.63, 3.8) is 0 Å². The largest absolute Gasteiger partial charge is 0.268 e. The molecule has 1 aromatic carbocycles. The van der Waals surface area contributed by atoms with Gasteiger partial charge in [0.25, 0.3) is 0 Å². The van der Waals surface area contributed by atoms with Crippen LogP contribution in [-0.4, -0.2) is 14.8 Å². The second kappa shape index (κ2) is 5.24. The van der Waals surface area contributed by atoms with E-state index >= 15 is 0 Å². The maximum absolute atomic E-state index is 5.86. The van der Waals surface area contributed by atoms with Crippen molar-refractivity contribution in [2.24, 2.45) is 0 Å². The molecule has 2 aromatic heterocycles. The lowest BCUT2D eigenvalue weighted by molar-refractivity contribution is 0.687. The molecule has 0 fully saturated rings. The van der Waals surface area contributed by atoms with E-state index < -0.39 is 0 Å². The molecule has 1 radical (unpaired) electrons. The van der Waals surface area contributed by atoms with Crippen LogP contribution in [0.15, 0.2) is 54.9 Å². The molecule has 19 heavy (non-hydrogen) atoms. The monoisotopic (exact) mass is 268 g/mol. The summed E-state index contributed by atoms with van der Waals surface area (Å²) in [6.45, 7) is 0.753. The van der Waals surface area contributed by atoms with E-state index in [2.05, 4.69) is 28.4 Å². The molecule has 4 heteroatoms. The van der Waals surface area contributed by atoms with Gasteiger partial charge in [-0.2, -0.15) is 5.10 Å². The highest BCUT2D eigenvalue weighted by atomic mass is 35.5. The average molecular weight is 269 g/mol. The zero-order valence-corrected chi connectivity index (χ0v) is 10.9. The van der Waals surface area contributed by atoms with Gasteiger partial charge in [0.05, 0.1) is 18.9 Å². The summed E-state index contributed by atoms with van der Waals surface area (Å²) in [5.74, 6) is 0. The molecule has 0 unspecified atom stereocenters. The molecule has 0 saturated carbocycles. The summed E-state index contributed by atoms with van der Waals surface area (Å²) in [7, 11) is 0. The first-order chi connectivity index (χ1) is 9.31. The number of rotatable bonds is 3. The predicted molar refractivity (Wildman–Crippen MR) is 74.8 cm³/mol. The summed E-state index contributed by atoms with van der Waals surface area (Å²) < 4.78 is 1.90. The molecule has 0 bridgehead atoms. The summed E-state index contributed by atoms with van der Waals surface area (Å²) in [4.78, 5) is 3.85. The van der Waals surface area contributed by atoms with Crippen LogP contribution < -0.4 is 0 Å². The summed E-state index contributed by atoms with van der Waals surface area (Å²) in [6.07, 6.45) is 6.58.